The Hall–Kier alpha value is -2.11. The number of carbonyl (C=O) groups is 2. The minimum absolute atomic E-state index is 0.248. The Morgan fingerprint density at radius 3 is 2.42 bits per heavy atom. The second kappa shape index (κ2) is 6.72. The van der Waals surface area contributed by atoms with Crippen molar-refractivity contribution in [2.24, 2.45) is 5.92 Å². The van der Waals surface area contributed by atoms with Gasteiger partial charge in [-0.25, -0.2) is 4.39 Å². The van der Waals surface area contributed by atoms with Crippen molar-refractivity contribution in [2.75, 3.05) is 6.61 Å². The molecule has 0 heterocycles. The molecule has 2 unspecified atom stereocenters. The smallest absolute Gasteiger partial charge is 0.308 e. The Balaban J connectivity index is 2.39. The third-order valence-corrected chi connectivity index (χ3v) is 2.71. The molecule has 1 aromatic carbocycles. The van der Waals surface area contributed by atoms with Gasteiger partial charge < -0.3 is 15.2 Å². The Bertz CT molecular complexity index is 446. The van der Waals surface area contributed by atoms with Gasteiger partial charge in [0.2, 0.25) is 0 Å². The molecular formula is C13H16FNO4. The van der Waals surface area contributed by atoms with Crippen LogP contribution >= 0.6 is 0 Å². The number of carboxylic acids is 1. The Kier molecular flexibility index (Phi) is 5.29. The molecule has 2 N–H and O–H groups in total. The van der Waals surface area contributed by atoms with Crippen LogP contribution in [0.2, 0.25) is 0 Å². The summed E-state index contributed by atoms with van der Waals surface area (Å²) in [7, 11) is 0. The van der Waals surface area contributed by atoms with E-state index in [-0.39, 0.29) is 12.4 Å². The number of halogens is 1. The van der Waals surface area contributed by atoms with E-state index in [4.69, 9.17) is 9.84 Å². The number of rotatable bonds is 6. The molecular weight excluding hydrogens is 253 g/mol. The number of benzene rings is 1. The van der Waals surface area contributed by atoms with E-state index in [1.807, 2.05) is 0 Å². The first-order valence-corrected chi connectivity index (χ1v) is 5.80. The number of hydrogen-bond acceptors (Lipinski definition) is 3. The van der Waals surface area contributed by atoms with Gasteiger partial charge >= 0.3 is 5.97 Å². The van der Waals surface area contributed by atoms with Crippen LogP contribution in [0, 0.1) is 11.7 Å². The van der Waals surface area contributed by atoms with E-state index in [2.05, 4.69) is 5.32 Å². The van der Waals surface area contributed by atoms with E-state index in [0.717, 1.165) is 0 Å². The summed E-state index contributed by atoms with van der Waals surface area (Å²) >= 11 is 0. The second-order valence-electron chi connectivity index (χ2n) is 4.23. The molecule has 6 heteroatoms. The van der Waals surface area contributed by atoms with Crippen molar-refractivity contribution in [3.8, 4) is 5.75 Å². The van der Waals surface area contributed by atoms with Crippen molar-refractivity contribution in [3.05, 3.63) is 30.1 Å². The van der Waals surface area contributed by atoms with Crippen molar-refractivity contribution in [2.45, 2.75) is 19.9 Å². The van der Waals surface area contributed by atoms with Crippen LogP contribution in [0.1, 0.15) is 13.8 Å². The van der Waals surface area contributed by atoms with Crippen LogP contribution in [0.15, 0.2) is 24.3 Å². The fraction of sp³-hybridized carbons (Fsp3) is 0.385. The topological polar surface area (TPSA) is 75.6 Å². The quantitative estimate of drug-likeness (QED) is 0.819. The zero-order valence-corrected chi connectivity index (χ0v) is 10.7. The van der Waals surface area contributed by atoms with E-state index in [0.29, 0.717) is 5.75 Å². The lowest BCUT2D eigenvalue weighted by molar-refractivity contribution is -0.142. The molecule has 0 saturated heterocycles. The normalized spacial score (nSPS) is 13.4. The van der Waals surface area contributed by atoms with Gasteiger partial charge in [0.1, 0.15) is 11.6 Å². The molecule has 0 aliphatic heterocycles. The summed E-state index contributed by atoms with van der Waals surface area (Å²) in [6.07, 6.45) is 0. The maximum absolute atomic E-state index is 12.6. The second-order valence-corrected chi connectivity index (χ2v) is 4.23. The predicted octanol–water partition coefficient (Wildman–Crippen LogP) is 1.43. The highest BCUT2D eigenvalue weighted by molar-refractivity contribution is 5.79. The fourth-order valence-electron chi connectivity index (χ4n) is 1.31. The molecule has 104 valence electrons. The molecule has 1 amide bonds. The van der Waals surface area contributed by atoms with Gasteiger partial charge in [-0.2, -0.15) is 0 Å². The maximum atomic E-state index is 12.6. The van der Waals surface area contributed by atoms with Crippen molar-refractivity contribution in [1.29, 1.82) is 0 Å². The summed E-state index contributed by atoms with van der Waals surface area (Å²) in [5.74, 6) is -2.11. The monoisotopic (exact) mass is 269 g/mol. The number of carboxylic acid groups (broad SMARTS) is 1. The minimum atomic E-state index is -0.979. The van der Waals surface area contributed by atoms with Crippen molar-refractivity contribution in [3.63, 3.8) is 0 Å². The molecule has 0 aromatic heterocycles. The van der Waals surface area contributed by atoms with E-state index in [9.17, 15) is 14.0 Å². The van der Waals surface area contributed by atoms with Gasteiger partial charge in [0.25, 0.3) is 5.91 Å². The van der Waals surface area contributed by atoms with Gasteiger partial charge in [-0.15, -0.1) is 0 Å². The molecule has 0 aliphatic carbocycles. The van der Waals surface area contributed by atoms with E-state index >= 15 is 0 Å². The molecule has 0 bridgehead atoms. The third kappa shape index (κ3) is 4.95. The molecule has 19 heavy (non-hydrogen) atoms. The highest BCUT2D eigenvalue weighted by atomic mass is 19.1. The van der Waals surface area contributed by atoms with E-state index < -0.39 is 23.8 Å². The lowest BCUT2D eigenvalue weighted by atomic mass is 10.0. The molecule has 1 aromatic rings. The SMILES string of the molecule is CC(NC(=O)COc1ccc(F)cc1)C(C)C(=O)O. The van der Waals surface area contributed by atoms with Gasteiger partial charge in [-0.1, -0.05) is 0 Å². The van der Waals surface area contributed by atoms with Crippen LogP contribution in [-0.4, -0.2) is 29.6 Å². The summed E-state index contributed by atoms with van der Waals surface area (Å²) in [4.78, 5) is 22.2. The minimum Gasteiger partial charge on any atom is -0.484 e. The zero-order chi connectivity index (χ0) is 14.4. The van der Waals surface area contributed by atoms with Crippen molar-refractivity contribution >= 4 is 11.9 Å². The summed E-state index contributed by atoms with van der Waals surface area (Å²) in [5, 5.41) is 11.3. The number of amides is 1. The average Bonchev–Trinajstić information content (AvgIpc) is 2.37. The predicted molar refractivity (Wildman–Crippen MR) is 66.3 cm³/mol. The summed E-state index contributed by atoms with van der Waals surface area (Å²) in [6.45, 7) is 2.87. The molecule has 0 fully saturated rings. The van der Waals surface area contributed by atoms with Crippen LogP contribution in [0.25, 0.3) is 0 Å². The van der Waals surface area contributed by atoms with E-state index in [1.54, 1.807) is 6.92 Å². The summed E-state index contributed by atoms with van der Waals surface area (Å²) in [5.41, 5.74) is 0. The Morgan fingerprint density at radius 2 is 1.89 bits per heavy atom. The maximum Gasteiger partial charge on any atom is 0.308 e. The highest BCUT2D eigenvalue weighted by Crippen LogP contribution is 2.10. The Morgan fingerprint density at radius 1 is 1.32 bits per heavy atom. The highest BCUT2D eigenvalue weighted by Gasteiger charge is 2.20. The first-order valence-electron chi connectivity index (χ1n) is 5.80. The largest absolute Gasteiger partial charge is 0.484 e. The van der Waals surface area contributed by atoms with Crippen LogP contribution in [-0.2, 0) is 9.59 Å². The number of ether oxygens (including phenoxy) is 1. The molecule has 5 nitrogen and oxygen atoms in total. The van der Waals surface area contributed by atoms with Gasteiger partial charge in [-0.3, -0.25) is 9.59 Å². The number of carbonyl (C=O) groups excluding carboxylic acids is 1. The number of hydrogen-bond donors (Lipinski definition) is 2. The van der Waals surface area contributed by atoms with Crippen molar-refractivity contribution < 1.29 is 23.8 Å². The van der Waals surface area contributed by atoms with Gasteiger partial charge in [0.05, 0.1) is 5.92 Å². The number of nitrogens with one attached hydrogen (secondary N) is 1. The lowest BCUT2D eigenvalue weighted by Gasteiger charge is -2.17. The van der Waals surface area contributed by atoms with Crippen LogP contribution in [0.5, 0.6) is 5.75 Å². The first-order chi connectivity index (χ1) is 8.90. The van der Waals surface area contributed by atoms with E-state index in [1.165, 1.54) is 31.2 Å². The average molecular weight is 269 g/mol. The summed E-state index contributed by atoms with van der Waals surface area (Å²) in [6, 6.07) is 4.77. The van der Waals surface area contributed by atoms with Crippen LogP contribution < -0.4 is 10.1 Å². The third-order valence-electron chi connectivity index (χ3n) is 2.71. The van der Waals surface area contributed by atoms with Crippen LogP contribution in [0.3, 0.4) is 0 Å². The van der Waals surface area contributed by atoms with Crippen LogP contribution in [0.4, 0.5) is 4.39 Å². The van der Waals surface area contributed by atoms with Gasteiger partial charge in [0, 0.05) is 6.04 Å². The number of aliphatic carboxylic acids is 1. The van der Waals surface area contributed by atoms with Gasteiger partial charge in [-0.05, 0) is 38.1 Å². The molecule has 0 spiro atoms. The molecule has 0 aliphatic rings. The first kappa shape index (κ1) is 14.9. The van der Waals surface area contributed by atoms with Gasteiger partial charge in [0.15, 0.2) is 6.61 Å². The molecule has 1 rings (SSSR count). The zero-order valence-electron chi connectivity index (χ0n) is 10.7. The lowest BCUT2D eigenvalue weighted by Crippen LogP contribution is -2.42. The standard InChI is InChI=1S/C13H16FNO4/c1-8(13(17)18)9(2)15-12(16)7-19-11-5-3-10(14)4-6-11/h3-6,8-9H,7H2,1-2H3,(H,15,16)(H,17,18). The fourth-order valence-corrected chi connectivity index (χ4v) is 1.31. The summed E-state index contributed by atoms with van der Waals surface area (Å²) < 4.78 is 17.8. The molecule has 0 radical (unpaired) electrons. The Labute approximate surface area is 110 Å². The van der Waals surface area contributed by atoms with Crippen molar-refractivity contribution in [1.82, 2.24) is 5.32 Å². The molecule has 0 saturated carbocycles. The molecule has 2 atom stereocenters.